The second-order valence-electron chi connectivity index (χ2n) is 10.7. The van der Waals surface area contributed by atoms with E-state index >= 15 is 0 Å². The Kier molecular flexibility index (Phi) is 7.59. The number of thioether (sulfide) groups is 1. The zero-order chi connectivity index (χ0) is 27.7. The van der Waals surface area contributed by atoms with Crippen LogP contribution in [-0.4, -0.2) is 60.9 Å². The van der Waals surface area contributed by atoms with Crippen molar-refractivity contribution in [3.63, 3.8) is 0 Å². The monoisotopic (exact) mass is 550 g/mol. The van der Waals surface area contributed by atoms with E-state index in [4.69, 9.17) is 19.3 Å². The molecular formula is C29H34N4O5S. The van der Waals surface area contributed by atoms with Crippen molar-refractivity contribution in [2.45, 2.75) is 38.4 Å². The molecule has 0 unspecified atom stereocenters. The predicted molar refractivity (Wildman–Crippen MR) is 151 cm³/mol. The van der Waals surface area contributed by atoms with Gasteiger partial charge in [0.1, 0.15) is 12.4 Å². The Morgan fingerprint density at radius 1 is 1.15 bits per heavy atom. The summed E-state index contributed by atoms with van der Waals surface area (Å²) in [6, 6.07) is 13.9. The third-order valence-corrected chi connectivity index (χ3v) is 7.96. The summed E-state index contributed by atoms with van der Waals surface area (Å²) in [6.07, 6.45) is 0. The molecule has 206 valence electrons. The van der Waals surface area contributed by atoms with E-state index in [-0.39, 0.29) is 41.6 Å². The van der Waals surface area contributed by atoms with Crippen molar-refractivity contribution in [1.29, 1.82) is 0 Å². The van der Waals surface area contributed by atoms with Gasteiger partial charge in [-0.2, -0.15) is 5.10 Å². The maximum absolute atomic E-state index is 13.7. The minimum absolute atomic E-state index is 0.120. The van der Waals surface area contributed by atoms with Crippen molar-refractivity contribution < 1.29 is 23.8 Å². The predicted octanol–water partition coefficient (Wildman–Crippen LogP) is 4.14. The molecule has 0 radical (unpaired) electrons. The van der Waals surface area contributed by atoms with Crippen LogP contribution in [-0.2, 0) is 19.7 Å². The smallest absolute Gasteiger partial charge is 0.240 e. The summed E-state index contributed by atoms with van der Waals surface area (Å²) < 4.78 is 18.1. The van der Waals surface area contributed by atoms with Crippen LogP contribution in [0.3, 0.4) is 0 Å². The lowest BCUT2D eigenvalue weighted by Gasteiger charge is -2.24. The molecule has 9 nitrogen and oxygen atoms in total. The van der Waals surface area contributed by atoms with Gasteiger partial charge in [0, 0.05) is 24.6 Å². The van der Waals surface area contributed by atoms with Crippen LogP contribution in [0.5, 0.6) is 11.5 Å². The van der Waals surface area contributed by atoms with Crippen LogP contribution in [0.25, 0.3) is 5.69 Å². The Morgan fingerprint density at radius 3 is 2.62 bits per heavy atom. The van der Waals surface area contributed by atoms with Gasteiger partial charge < -0.3 is 19.5 Å². The van der Waals surface area contributed by atoms with E-state index in [2.05, 4.69) is 26.1 Å². The maximum atomic E-state index is 13.7. The van der Waals surface area contributed by atoms with Crippen molar-refractivity contribution in [2.75, 3.05) is 44.3 Å². The molecule has 1 atom stereocenters. The van der Waals surface area contributed by atoms with Crippen molar-refractivity contribution in [3.8, 4) is 17.2 Å². The average Bonchev–Trinajstić information content (AvgIpc) is 3.50. The van der Waals surface area contributed by atoms with Crippen LogP contribution in [0.2, 0.25) is 0 Å². The molecule has 0 spiro atoms. The number of hydrogen-bond acceptors (Lipinski definition) is 7. The Balaban J connectivity index is 1.70. The minimum Gasteiger partial charge on any atom is -0.454 e. The van der Waals surface area contributed by atoms with Gasteiger partial charge in [-0.15, -0.1) is 11.8 Å². The lowest BCUT2D eigenvalue weighted by Crippen LogP contribution is -2.43. The van der Waals surface area contributed by atoms with Gasteiger partial charge in [-0.1, -0.05) is 44.5 Å². The van der Waals surface area contributed by atoms with E-state index in [1.807, 2.05) is 54.1 Å². The Morgan fingerprint density at radius 2 is 1.90 bits per heavy atom. The second-order valence-corrected chi connectivity index (χ2v) is 11.8. The highest BCUT2D eigenvalue weighted by Gasteiger charge is 2.40. The lowest BCUT2D eigenvalue weighted by atomic mass is 9.87. The number of fused-ring (bicyclic) bond motifs is 2. The van der Waals surface area contributed by atoms with E-state index in [1.54, 1.807) is 12.0 Å². The number of carbonyl (C=O) groups is 2. The van der Waals surface area contributed by atoms with Crippen LogP contribution < -0.4 is 19.7 Å². The topological polar surface area (TPSA) is 94.9 Å². The molecule has 0 aliphatic carbocycles. The molecule has 1 aromatic heterocycles. The minimum atomic E-state index is -0.338. The Labute approximate surface area is 232 Å². The number of rotatable bonds is 7. The van der Waals surface area contributed by atoms with Crippen LogP contribution in [0, 0.1) is 6.92 Å². The fourth-order valence-electron chi connectivity index (χ4n) is 4.77. The first-order valence-corrected chi connectivity index (χ1v) is 14.0. The van der Waals surface area contributed by atoms with Gasteiger partial charge in [-0.05, 0) is 36.8 Å². The van der Waals surface area contributed by atoms with Crippen LogP contribution in [0.4, 0.5) is 5.82 Å². The number of aryl methyl sites for hydroxylation is 1. The number of ether oxygens (including phenoxy) is 3. The first kappa shape index (κ1) is 27.1. The number of methoxy groups -OCH3 is 1. The molecule has 39 heavy (non-hydrogen) atoms. The molecule has 0 fully saturated rings. The molecule has 3 aromatic rings. The summed E-state index contributed by atoms with van der Waals surface area (Å²) in [6.45, 7) is 9.20. The lowest BCUT2D eigenvalue weighted by molar-refractivity contribution is -0.123. The molecule has 0 saturated carbocycles. The summed E-state index contributed by atoms with van der Waals surface area (Å²) in [5.74, 6) is 1.80. The van der Waals surface area contributed by atoms with Crippen LogP contribution in [0.1, 0.15) is 48.4 Å². The zero-order valence-corrected chi connectivity index (χ0v) is 23.8. The number of carbonyl (C=O) groups excluding carboxylic acids is 2. The molecule has 1 N–H and O–H groups in total. The maximum Gasteiger partial charge on any atom is 0.240 e. The van der Waals surface area contributed by atoms with E-state index < -0.39 is 0 Å². The quantitative estimate of drug-likeness (QED) is 0.442. The van der Waals surface area contributed by atoms with Crippen molar-refractivity contribution >= 4 is 29.4 Å². The van der Waals surface area contributed by atoms with Crippen molar-refractivity contribution in [2.24, 2.45) is 0 Å². The first-order valence-electron chi connectivity index (χ1n) is 12.9. The van der Waals surface area contributed by atoms with Crippen molar-refractivity contribution in [3.05, 3.63) is 64.8 Å². The van der Waals surface area contributed by atoms with Crippen LogP contribution >= 0.6 is 11.8 Å². The van der Waals surface area contributed by atoms with Crippen LogP contribution in [0.15, 0.2) is 42.5 Å². The Bertz CT molecular complexity index is 1380. The molecule has 2 amide bonds. The summed E-state index contributed by atoms with van der Waals surface area (Å²) in [4.78, 5) is 28.3. The molecule has 10 heteroatoms. The number of hydrogen-bond donors (Lipinski definition) is 1. The number of benzene rings is 2. The summed E-state index contributed by atoms with van der Waals surface area (Å²) >= 11 is 1.53. The van der Waals surface area contributed by atoms with Gasteiger partial charge in [0.25, 0.3) is 0 Å². The summed E-state index contributed by atoms with van der Waals surface area (Å²) in [7, 11) is 1.58. The molecule has 2 aliphatic heterocycles. The summed E-state index contributed by atoms with van der Waals surface area (Å²) in [5.41, 5.74) is 4.37. The molecule has 2 aliphatic rings. The third kappa shape index (κ3) is 5.49. The van der Waals surface area contributed by atoms with E-state index in [0.29, 0.717) is 30.5 Å². The number of nitrogens with zero attached hydrogens (tertiary/aromatic N) is 3. The first-order chi connectivity index (χ1) is 18.7. The molecule has 0 bridgehead atoms. The van der Waals surface area contributed by atoms with Gasteiger partial charge in [0.05, 0.1) is 29.0 Å². The fraction of sp³-hybridized carbons (Fsp3) is 0.414. The molecule has 2 aromatic carbocycles. The standard InChI is InChI=1S/C29H34N4O5S/c1-18-6-9-20(10-7-18)33-28-25(27(31-33)29(2,3)4)26(19-8-11-21-22(14-19)38-17-37-21)39-16-24(35)32(28)15-23(34)30-12-13-36-5/h6-11,14,26H,12-13,15-17H2,1-5H3,(H,30,34)/t26-/m1/s1. The summed E-state index contributed by atoms with van der Waals surface area (Å²) in [5, 5.41) is 7.76. The van der Waals surface area contributed by atoms with E-state index in [0.717, 1.165) is 28.1 Å². The van der Waals surface area contributed by atoms with E-state index in [1.165, 1.54) is 11.8 Å². The number of anilines is 1. The van der Waals surface area contributed by atoms with Gasteiger partial charge in [0.15, 0.2) is 11.5 Å². The highest BCUT2D eigenvalue weighted by molar-refractivity contribution is 8.00. The van der Waals surface area contributed by atoms with Crippen molar-refractivity contribution in [1.82, 2.24) is 15.1 Å². The van der Waals surface area contributed by atoms with Gasteiger partial charge in [0.2, 0.25) is 18.6 Å². The third-order valence-electron chi connectivity index (χ3n) is 6.71. The average molecular weight is 551 g/mol. The molecular weight excluding hydrogens is 516 g/mol. The second kappa shape index (κ2) is 10.9. The molecule has 3 heterocycles. The highest BCUT2D eigenvalue weighted by atomic mass is 32.2. The fourth-order valence-corrected chi connectivity index (χ4v) is 5.96. The Hall–Kier alpha value is -3.50. The molecule has 5 rings (SSSR count). The number of amides is 2. The van der Waals surface area contributed by atoms with Gasteiger partial charge in [-0.25, -0.2) is 4.68 Å². The molecule has 0 saturated heterocycles. The zero-order valence-electron chi connectivity index (χ0n) is 22.9. The largest absolute Gasteiger partial charge is 0.454 e. The number of nitrogens with one attached hydrogen (secondary N) is 1. The van der Waals surface area contributed by atoms with Gasteiger partial charge in [-0.3, -0.25) is 14.5 Å². The SMILES string of the molecule is COCCNC(=O)CN1C(=O)CS[C@H](c2ccc3c(c2)OCO3)c2c(C(C)(C)C)nn(-c3ccc(C)cc3)c21. The highest BCUT2D eigenvalue weighted by Crippen LogP contribution is 2.49. The van der Waals surface area contributed by atoms with Gasteiger partial charge >= 0.3 is 0 Å². The van der Waals surface area contributed by atoms with E-state index in [9.17, 15) is 9.59 Å². The normalized spacial score (nSPS) is 16.7. The number of aromatic nitrogens is 2.